The van der Waals surface area contributed by atoms with Crippen LogP contribution in [0.25, 0.3) is 11.4 Å². The molecule has 5 rings (SSSR count). The van der Waals surface area contributed by atoms with Gasteiger partial charge in [0.05, 0.1) is 36.2 Å². The van der Waals surface area contributed by atoms with Gasteiger partial charge in [-0.3, -0.25) is 19.0 Å². The summed E-state index contributed by atoms with van der Waals surface area (Å²) in [5.74, 6) is 0.487. The number of aromatic nitrogens is 4. The van der Waals surface area contributed by atoms with Crippen molar-refractivity contribution in [1.82, 2.24) is 18.7 Å². The number of para-hydroxylation sites is 2. The van der Waals surface area contributed by atoms with Gasteiger partial charge < -0.3 is 9.47 Å². The normalized spacial score (nSPS) is 11.3. The van der Waals surface area contributed by atoms with Gasteiger partial charge in [-0.2, -0.15) is 0 Å². The molecule has 0 aliphatic rings. The summed E-state index contributed by atoms with van der Waals surface area (Å²) in [6.07, 6.45) is 0. The first-order valence-corrected chi connectivity index (χ1v) is 13.3. The van der Waals surface area contributed by atoms with Crippen LogP contribution in [0.1, 0.15) is 40.9 Å². The summed E-state index contributed by atoms with van der Waals surface area (Å²) in [6, 6.07) is 24.7. The predicted molar refractivity (Wildman–Crippen MR) is 157 cm³/mol. The lowest BCUT2D eigenvalue weighted by molar-refractivity contribution is 0.310. The quantitative estimate of drug-likeness (QED) is 0.283. The van der Waals surface area contributed by atoms with Crippen molar-refractivity contribution >= 4 is 0 Å². The first-order chi connectivity index (χ1) is 19.3. The Morgan fingerprint density at radius 3 is 1.60 bits per heavy atom. The zero-order valence-corrected chi connectivity index (χ0v) is 23.7. The lowest BCUT2D eigenvalue weighted by Gasteiger charge is -2.19. The highest BCUT2D eigenvalue weighted by Crippen LogP contribution is 2.38. The second-order valence-corrected chi connectivity index (χ2v) is 9.73. The van der Waals surface area contributed by atoms with Crippen LogP contribution in [0, 0.1) is 13.8 Å². The molecule has 3 aromatic carbocycles. The molecule has 0 N–H and O–H groups in total. The van der Waals surface area contributed by atoms with Crippen molar-refractivity contribution in [2.24, 2.45) is 14.1 Å². The minimum Gasteiger partial charge on any atom is -0.493 e. The maximum absolute atomic E-state index is 14.3. The molecule has 0 unspecified atom stereocenters. The van der Waals surface area contributed by atoms with Gasteiger partial charge in [0, 0.05) is 31.4 Å². The van der Waals surface area contributed by atoms with Crippen molar-refractivity contribution in [3.8, 4) is 22.9 Å². The van der Waals surface area contributed by atoms with Gasteiger partial charge in [0.25, 0.3) is 11.1 Å². The monoisotopic (exact) mass is 538 g/mol. The third-order valence-electron chi connectivity index (χ3n) is 7.60. The van der Waals surface area contributed by atoms with E-state index in [1.54, 1.807) is 16.5 Å². The molecule has 0 fully saturated rings. The first kappa shape index (κ1) is 26.9. The Balaban J connectivity index is 1.85. The highest BCUT2D eigenvalue weighted by atomic mass is 16.5. The summed E-state index contributed by atoms with van der Waals surface area (Å²) in [5.41, 5.74) is 4.50. The molecule has 0 aliphatic heterocycles. The van der Waals surface area contributed by atoms with Crippen LogP contribution in [0.2, 0.25) is 0 Å². The zero-order chi connectivity index (χ0) is 28.6. The van der Waals surface area contributed by atoms with E-state index in [1.807, 2.05) is 123 Å². The van der Waals surface area contributed by atoms with Crippen molar-refractivity contribution in [1.29, 1.82) is 0 Å². The third-order valence-corrected chi connectivity index (χ3v) is 7.60. The molecule has 5 aromatic rings. The van der Waals surface area contributed by atoms with Crippen LogP contribution >= 0.6 is 0 Å². The van der Waals surface area contributed by atoms with E-state index >= 15 is 0 Å². The minimum atomic E-state index is -0.655. The van der Waals surface area contributed by atoms with Crippen molar-refractivity contribution in [2.75, 3.05) is 13.7 Å². The number of methoxy groups -OCH3 is 1. The Labute approximate surface area is 233 Å². The lowest BCUT2D eigenvalue weighted by atomic mass is 9.85. The van der Waals surface area contributed by atoms with Crippen LogP contribution in [-0.4, -0.2) is 32.4 Å². The molecule has 206 valence electrons. The van der Waals surface area contributed by atoms with Gasteiger partial charge in [-0.15, -0.1) is 0 Å². The van der Waals surface area contributed by atoms with E-state index in [-0.39, 0.29) is 11.1 Å². The van der Waals surface area contributed by atoms with Crippen LogP contribution in [0.15, 0.2) is 88.5 Å². The fourth-order valence-corrected chi connectivity index (χ4v) is 5.46. The molecule has 0 spiro atoms. The number of ether oxygens (including phenoxy) is 2. The maximum Gasteiger partial charge on any atom is 0.275 e. The molecule has 2 aromatic heterocycles. The topological polar surface area (TPSA) is 72.3 Å². The Morgan fingerprint density at radius 2 is 1.18 bits per heavy atom. The molecule has 0 amide bonds. The van der Waals surface area contributed by atoms with Crippen molar-refractivity contribution in [3.05, 3.63) is 128 Å². The summed E-state index contributed by atoms with van der Waals surface area (Å²) in [5, 5.41) is 0. The van der Waals surface area contributed by atoms with Gasteiger partial charge >= 0.3 is 0 Å². The molecular formula is C32H34N4O4. The smallest absolute Gasteiger partial charge is 0.275 e. The maximum atomic E-state index is 14.3. The van der Waals surface area contributed by atoms with Crippen molar-refractivity contribution < 1.29 is 9.47 Å². The van der Waals surface area contributed by atoms with E-state index in [1.165, 1.54) is 0 Å². The SMILES string of the molecule is CCOc1cc(C(c2c(C)n(C)n(-c3ccccc3)c2=O)c2c(C)n(C)n(-c3ccccc3)c2=O)ccc1OC. The van der Waals surface area contributed by atoms with E-state index in [0.29, 0.717) is 29.2 Å². The van der Waals surface area contributed by atoms with E-state index in [4.69, 9.17) is 9.47 Å². The van der Waals surface area contributed by atoms with Crippen LogP contribution in [0.3, 0.4) is 0 Å². The standard InChI is InChI=1S/C32H34N4O4/c1-7-40-27-20-23(18-19-26(27)39-6)30(28-21(2)33(4)35(31(28)37)24-14-10-8-11-15-24)29-22(3)34(5)36(32(29)38)25-16-12-9-13-17-25/h8-20,30H,7H2,1-6H3. The number of benzene rings is 3. The van der Waals surface area contributed by atoms with Gasteiger partial charge in [-0.25, -0.2) is 9.36 Å². The fraction of sp³-hybridized carbons (Fsp3) is 0.250. The van der Waals surface area contributed by atoms with Crippen molar-refractivity contribution in [3.63, 3.8) is 0 Å². The minimum absolute atomic E-state index is 0.182. The predicted octanol–water partition coefficient (Wildman–Crippen LogP) is 4.87. The van der Waals surface area contributed by atoms with E-state index in [9.17, 15) is 9.59 Å². The molecule has 8 nitrogen and oxygen atoms in total. The molecule has 0 aliphatic carbocycles. The average Bonchev–Trinajstić information content (AvgIpc) is 3.32. The Bertz CT molecular complexity index is 1670. The largest absolute Gasteiger partial charge is 0.493 e. The number of hydrogen-bond donors (Lipinski definition) is 0. The molecule has 0 bridgehead atoms. The van der Waals surface area contributed by atoms with Crippen LogP contribution in [0.4, 0.5) is 0 Å². The van der Waals surface area contributed by atoms with Gasteiger partial charge in [0.15, 0.2) is 11.5 Å². The Morgan fingerprint density at radius 1 is 0.700 bits per heavy atom. The first-order valence-electron chi connectivity index (χ1n) is 13.3. The summed E-state index contributed by atoms with van der Waals surface area (Å²) in [7, 11) is 5.32. The third kappa shape index (κ3) is 4.35. The summed E-state index contributed by atoms with van der Waals surface area (Å²) in [4.78, 5) is 28.6. The van der Waals surface area contributed by atoms with Gasteiger partial charge in [0.2, 0.25) is 0 Å². The van der Waals surface area contributed by atoms with E-state index < -0.39 is 5.92 Å². The number of hydrogen-bond acceptors (Lipinski definition) is 4. The lowest BCUT2D eigenvalue weighted by Crippen LogP contribution is -2.26. The molecule has 0 radical (unpaired) electrons. The Kier molecular flexibility index (Phi) is 7.26. The zero-order valence-electron chi connectivity index (χ0n) is 23.7. The highest BCUT2D eigenvalue weighted by molar-refractivity contribution is 5.52. The van der Waals surface area contributed by atoms with Crippen molar-refractivity contribution in [2.45, 2.75) is 26.7 Å². The van der Waals surface area contributed by atoms with E-state index in [0.717, 1.165) is 28.3 Å². The van der Waals surface area contributed by atoms with Crippen LogP contribution < -0.4 is 20.6 Å². The highest BCUT2D eigenvalue weighted by Gasteiger charge is 2.33. The Hall–Kier alpha value is -4.72. The fourth-order valence-electron chi connectivity index (χ4n) is 5.46. The average molecular weight is 539 g/mol. The van der Waals surface area contributed by atoms with Crippen LogP contribution in [-0.2, 0) is 14.1 Å². The summed E-state index contributed by atoms with van der Waals surface area (Å²) < 4.78 is 18.4. The molecule has 0 saturated carbocycles. The van der Waals surface area contributed by atoms with Gasteiger partial charge in [-0.05, 0) is 62.7 Å². The summed E-state index contributed by atoms with van der Waals surface area (Å²) in [6.45, 7) is 6.19. The molecular weight excluding hydrogens is 504 g/mol. The second-order valence-electron chi connectivity index (χ2n) is 9.73. The second kappa shape index (κ2) is 10.8. The number of rotatable bonds is 8. The summed E-state index contributed by atoms with van der Waals surface area (Å²) >= 11 is 0. The van der Waals surface area contributed by atoms with Gasteiger partial charge in [0.1, 0.15) is 0 Å². The molecule has 8 heteroatoms. The molecule has 2 heterocycles. The number of nitrogens with zero attached hydrogens (tertiary/aromatic N) is 4. The molecule has 0 atom stereocenters. The van der Waals surface area contributed by atoms with Gasteiger partial charge in [-0.1, -0.05) is 42.5 Å². The molecule has 0 saturated heterocycles. The van der Waals surface area contributed by atoms with Crippen LogP contribution in [0.5, 0.6) is 11.5 Å². The molecule has 40 heavy (non-hydrogen) atoms. The van der Waals surface area contributed by atoms with E-state index in [2.05, 4.69) is 0 Å².